The van der Waals surface area contributed by atoms with Gasteiger partial charge in [-0.15, -0.1) is 0 Å². The van der Waals surface area contributed by atoms with Gasteiger partial charge in [-0.1, -0.05) is 23.7 Å². The lowest BCUT2D eigenvalue weighted by atomic mass is 10.0. The molecule has 2 amide bonds. The molecule has 1 fully saturated rings. The van der Waals surface area contributed by atoms with Gasteiger partial charge in [0.05, 0.1) is 3.57 Å². The van der Waals surface area contributed by atoms with Gasteiger partial charge in [-0.3, -0.25) is 4.79 Å². The van der Waals surface area contributed by atoms with Crippen LogP contribution in [0.3, 0.4) is 0 Å². The average Bonchev–Trinajstić information content (AvgIpc) is 2.73. The molecule has 2 aromatic rings. The molecular formula is C22H27ClIN5O3. The van der Waals surface area contributed by atoms with E-state index < -0.39 is 17.7 Å². The molecule has 8 nitrogen and oxygen atoms in total. The molecule has 0 radical (unpaired) electrons. The lowest BCUT2D eigenvalue weighted by Gasteiger charge is -2.37. The van der Waals surface area contributed by atoms with Gasteiger partial charge in [-0.05, 0) is 61.1 Å². The van der Waals surface area contributed by atoms with Crippen molar-refractivity contribution in [3.63, 3.8) is 0 Å². The highest BCUT2D eigenvalue weighted by Gasteiger charge is 2.31. The zero-order valence-electron chi connectivity index (χ0n) is 18.3. The summed E-state index contributed by atoms with van der Waals surface area (Å²) in [5, 5.41) is 3.38. The molecule has 0 spiro atoms. The van der Waals surface area contributed by atoms with Crippen molar-refractivity contribution in [1.82, 2.24) is 20.2 Å². The van der Waals surface area contributed by atoms with Gasteiger partial charge in [0.25, 0.3) is 0 Å². The second kappa shape index (κ2) is 10.7. The molecule has 1 aliphatic rings. The molecule has 0 saturated carbocycles. The lowest BCUT2D eigenvalue weighted by molar-refractivity contribution is -0.133. The molecule has 3 rings (SSSR count). The number of benzene rings is 1. The number of nitrogens with one attached hydrogen (secondary N) is 1. The first-order valence-corrected chi connectivity index (χ1v) is 11.8. The first-order chi connectivity index (χ1) is 15.1. The van der Waals surface area contributed by atoms with Gasteiger partial charge in [0, 0.05) is 43.8 Å². The summed E-state index contributed by atoms with van der Waals surface area (Å²) in [6.45, 7) is 7.73. The predicted molar refractivity (Wildman–Crippen MR) is 132 cm³/mol. The highest BCUT2D eigenvalue weighted by atomic mass is 127. The number of aromatic nitrogens is 2. The number of alkyl carbamates (subject to hydrolysis) is 1. The van der Waals surface area contributed by atoms with Gasteiger partial charge >= 0.3 is 6.09 Å². The van der Waals surface area contributed by atoms with Crippen LogP contribution >= 0.6 is 34.2 Å². The number of amides is 2. The summed E-state index contributed by atoms with van der Waals surface area (Å²) in [7, 11) is 0. The zero-order chi connectivity index (χ0) is 23.3. The number of halogens is 2. The SMILES string of the molecule is CC(C)(C)OC(=O)NC(Cc1ccc(Cl)cc1)C(=O)N1CCN(c2ncncc2I)CC1. The van der Waals surface area contributed by atoms with Crippen LogP contribution in [-0.2, 0) is 16.0 Å². The fourth-order valence-electron chi connectivity index (χ4n) is 3.40. The fraction of sp³-hybridized carbons (Fsp3) is 0.455. The van der Waals surface area contributed by atoms with Gasteiger partial charge in [0.15, 0.2) is 0 Å². The molecule has 1 aromatic carbocycles. The van der Waals surface area contributed by atoms with Crippen LogP contribution in [0, 0.1) is 3.57 Å². The van der Waals surface area contributed by atoms with Gasteiger partial charge in [-0.25, -0.2) is 14.8 Å². The Labute approximate surface area is 206 Å². The third-order valence-electron chi connectivity index (χ3n) is 4.88. The number of hydrogen-bond acceptors (Lipinski definition) is 6. The Hall–Kier alpha value is -2.14. The second-order valence-corrected chi connectivity index (χ2v) is 10.1. The summed E-state index contributed by atoms with van der Waals surface area (Å²) in [6.07, 6.45) is 3.04. The van der Waals surface area contributed by atoms with Crippen molar-refractivity contribution in [3.05, 3.63) is 50.9 Å². The number of nitrogens with zero attached hydrogens (tertiary/aromatic N) is 4. The van der Waals surface area contributed by atoms with Crippen LogP contribution in [-0.4, -0.2) is 64.7 Å². The first-order valence-electron chi connectivity index (χ1n) is 10.4. The van der Waals surface area contributed by atoms with Crippen LogP contribution in [0.2, 0.25) is 5.02 Å². The van der Waals surface area contributed by atoms with Gasteiger partial charge in [-0.2, -0.15) is 0 Å². The summed E-state index contributed by atoms with van der Waals surface area (Å²) < 4.78 is 6.35. The zero-order valence-corrected chi connectivity index (χ0v) is 21.3. The minimum absolute atomic E-state index is 0.136. The molecule has 0 aliphatic carbocycles. The molecule has 32 heavy (non-hydrogen) atoms. The number of rotatable bonds is 5. The summed E-state index contributed by atoms with van der Waals surface area (Å²) in [6, 6.07) is 6.52. The van der Waals surface area contributed by atoms with Crippen molar-refractivity contribution in [2.75, 3.05) is 31.1 Å². The van der Waals surface area contributed by atoms with Crippen molar-refractivity contribution < 1.29 is 14.3 Å². The Morgan fingerprint density at radius 1 is 1.19 bits per heavy atom. The number of anilines is 1. The lowest BCUT2D eigenvalue weighted by Crippen LogP contribution is -2.56. The first kappa shape index (κ1) is 24.5. The van der Waals surface area contributed by atoms with Crippen LogP contribution < -0.4 is 10.2 Å². The molecule has 1 aliphatic heterocycles. The van der Waals surface area contributed by atoms with E-state index in [1.807, 2.05) is 12.1 Å². The maximum atomic E-state index is 13.4. The number of carbonyl (C=O) groups is 2. The maximum Gasteiger partial charge on any atom is 0.408 e. The Balaban J connectivity index is 1.69. The molecule has 1 saturated heterocycles. The molecule has 1 aromatic heterocycles. The van der Waals surface area contributed by atoms with Gasteiger partial charge < -0.3 is 19.9 Å². The van der Waals surface area contributed by atoms with Gasteiger partial charge in [0.1, 0.15) is 23.8 Å². The minimum atomic E-state index is -0.739. The van der Waals surface area contributed by atoms with Crippen molar-refractivity contribution in [3.8, 4) is 0 Å². The summed E-state index contributed by atoms with van der Waals surface area (Å²) in [5.41, 5.74) is 0.246. The number of carbonyl (C=O) groups excluding carboxylic acids is 2. The average molecular weight is 572 g/mol. The van der Waals surface area contributed by atoms with Crippen LogP contribution in [0.25, 0.3) is 0 Å². The van der Waals surface area contributed by atoms with E-state index in [0.717, 1.165) is 15.0 Å². The summed E-state index contributed by atoms with van der Waals surface area (Å²) in [4.78, 5) is 38.1. The Morgan fingerprint density at radius 3 is 2.44 bits per heavy atom. The van der Waals surface area contributed by atoms with Crippen LogP contribution in [0.4, 0.5) is 10.6 Å². The Kier molecular flexibility index (Phi) is 8.16. The molecule has 0 bridgehead atoms. The smallest absolute Gasteiger partial charge is 0.408 e. The highest BCUT2D eigenvalue weighted by molar-refractivity contribution is 14.1. The number of hydrogen-bond donors (Lipinski definition) is 1. The van der Waals surface area contributed by atoms with E-state index in [0.29, 0.717) is 37.6 Å². The minimum Gasteiger partial charge on any atom is -0.444 e. The van der Waals surface area contributed by atoms with Crippen LogP contribution in [0.15, 0.2) is 36.8 Å². The topological polar surface area (TPSA) is 87.7 Å². The molecule has 1 N–H and O–H groups in total. The Morgan fingerprint density at radius 2 is 1.84 bits per heavy atom. The van der Waals surface area contributed by atoms with E-state index in [9.17, 15) is 9.59 Å². The van der Waals surface area contributed by atoms with Crippen LogP contribution in [0.5, 0.6) is 0 Å². The third-order valence-corrected chi connectivity index (χ3v) is 5.89. The molecule has 172 valence electrons. The quantitative estimate of drug-likeness (QED) is 0.553. The standard InChI is InChI=1S/C22H27ClIN5O3/c1-22(2,3)32-21(31)27-18(12-15-4-6-16(23)7-5-15)20(30)29-10-8-28(9-11-29)19-17(24)13-25-14-26-19/h4-7,13-14,18H,8-12H2,1-3H3,(H,27,31). The van der Waals surface area contributed by atoms with Crippen molar-refractivity contribution in [1.29, 1.82) is 0 Å². The largest absolute Gasteiger partial charge is 0.444 e. The Bertz CT molecular complexity index is 943. The van der Waals surface area contributed by atoms with Crippen molar-refractivity contribution >= 4 is 52.0 Å². The number of piperazine rings is 1. The predicted octanol–water partition coefficient (Wildman–Crippen LogP) is 3.52. The molecule has 10 heteroatoms. The van der Waals surface area contributed by atoms with Crippen molar-refractivity contribution in [2.24, 2.45) is 0 Å². The van der Waals surface area contributed by atoms with E-state index in [4.69, 9.17) is 16.3 Å². The summed E-state index contributed by atoms with van der Waals surface area (Å²) >= 11 is 8.20. The van der Waals surface area contributed by atoms with E-state index in [1.165, 1.54) is 6.33 Å². The van der Waals surface area contributed by atoms with E-state index in [1.54, 1.807) is 44.0 Å². The fourth-order valence-corrected chi connectivity index (χ4v) is 4.17. The van der Waals surface area contributed by atoms with E-state index >= 15 is 0 Å². The normalized spacial score (nSPS) is 15.3. The van der Waals surface area contributed by atoms with Crippen LogP contribution in [0.1, 0.15) is 26.3 Å². The van der Waals surface area contributed by atoms with Gasteiger partial charge in [0.2, 0.25) is 5.91 Å². The van der Waals surface area contributed by atoms with Crippen molar-refractivity contribution in [2.45, 2.75) is 38.8 Å². The highest BCUT2D eigenvalue weighted by Crippen LogP contribution is 2.20. The van der Waals surface area contributed by atoms with E-state index in [2.05, 4.69) is 42.8 Å². The molecular weight excluding hydrogens is 545 g/mol. The second-order valence-electron chi connectivity index (χ2n) is 8.54. The van der Waals surface area contributed by atoms with E-state index in [-0.39, 0.29) is 5.91 Å². The summed E-state index contributed by atoms with van der Waals surface area (Å²) in [5.74, 6) is 0.736. The maximum absolute atomic E-state index is 13.4. The molecule has 1 atom stereocenters. The molecule has 2 heterocycles. The third kappa shape index (κ3) is 6.93. The molecule has 1 unspecified atom stereocenters. The number of ether oxygens (including phenoxy) is 1. The monoisotopic (exact) mass is 571 g/mol.